The summed E-state index contributed by atoms with van der Waals surface area (Å²) in [6, 6.07) is 5.69. The third-order valence-corrected chi connectivity index (χ3v) is 3.73. The Morgan fingerprint density at radius 3 is 3.10 bits per heavy atom. The third-order valence-electron chi connectivity index (χ3n) is 3.50. The van der Waals surface area contributed by atoms with E-state index in [9.17, 15) is 0 Å². The quantitative estimate of drug-likeness (QED) is 0.937. The van der Waals surface area contributed by atoms with Crippen LogP contribution in [0.25, 0.3) is 5.57 Å². The van der Waals surface area contributed by atoms with Crippen LogP contribution < -0.4 is 4.74 Å². The van der Waals surface area contributed by atoms with Crippen molar-refractivity contribution in [2.45, 2.75) is 13.0 Å². The number of rotatable bonds is 4. The highest BCUT2D eigenvalue weighted by molar-refractivity contribution is 6.30. The normalized spacial score (nSPS) is 15.8. The zero-order valence-corrected chi connectivity index (χ0v) is 12.5. The molecule has 2 aromatic rings. The Bertz CT molecular complexity index is 641. The van der Waals surface area contributed by atoms with Gasteiger partial charge in [0.25, 0.3) is 0 Å². The lowest BCUT2D eigenvalue weighted by Crippen LogP contribution is -2.29. The molecule has 1 aliphatic rings. The average Bonchev–Trinajstić information content (AvgIpc) is 3.02. The van der Waals surface area contributed by atoms with Crippen LogP contribution in [0.3, 0.4) is 0 Å². The molecule has 2 heterocycles. The number of nitrogens with zero attached hydrogens (tertiary/aromatic N) is 4. The highest BCUT2D eigenvalue weighted by atomic mass is 35.5. The molecule has 0 spiro atoms. The van der Waals surface area contributed by atoms with Gasteiger partial charge < -0.3 is 4.74 Å². The second-order valence-electron chi connectivity index (χ2n) is 4.92. The van der Waals surface area contributed by atoms with Crippen LogP contribution in [0.1, 0.15) is 17.8 Å². The van der Waals surface area contributed by atoms with Crippen molar-refractivity contribution in [3.63, 3.8) is 0 Å². The van der Waals surface area contributed by atoms with Crippen molar-refractivity contribution in [1.82, 2.24) is 25.5 Å². The standard InChI is InChI=1S/C14H16ClN5O/c1-21-13-5-4-12(15)7-11(13)9-20-6-2-3-10(8-20)14-16-18-19-17-14/h3-5,7H,2,6,8-9H2,1H3,(H,16,17,18,19). The van der Waals surface area contributed by atoms with Gasteiger partial charge in [0.1, 0.15) is 5.75 Å². The average molecular weight is 306 g/mol. The van der Waals surface area contributed by atoms with E-state index in [0.717, 1.165) is 48.0 Å². The molecule has 3 rings (SSSR count). The molecule has 7 heteroatoms. The van der Waals surface area contributed by atoms with Crippen molar-refractivity contribution in [2.75, 3.05) is 20.2 Å². The fourth-order valence-electron chi connectivity index (χ4n) is 2.51. The Kier molecular flexibility index (Phi) is 4.17. The van der Waals surface area contributed by atoms with Crippen molar-refractivity contribution in [3.05, 3.63) is 40.7 Å². The van der Waals surface area contributed by atoms with E-state index >= 15 is 0 Å². The van der Waals surface area contributed by atoms with Gasteiger partial charge in [-0.3, -0.25) is 4.90 Å². The fourth-order valence-corrected chi connectivity index (χ4v) is 2.71. The van der Waals surface area contributed by atoms with Crippen LogP contribution in [0.5, 0.6) is 5.75 Å². The van der Waals surface area contributed by atoms with Gasteiger partial charge in [0.05, 0.1) is 7.11 Å². The molecule has 0 radical (unpaired) electrons. The molecular formula is C14H16ClN5O. The van der Waals surface area contributed by atoms with E-state index in [2.05, 4.69) is 31.6 Å². The Balaban J connectivity index is 1.74. The van der Waals surface area contributed by atoms with E-state index in [1.807, 2.05) is 18.2 Å². The highest BCUT2D eigenvalue weighted by Crippen LogP contribution is 2.26. The SMILES string of the molecule is COc1ccc(Cl)cc1CN1CCC=C(c2nn[nH]n2)C1. The second kappa shape index (κ2) is 6.24. The molecule has 0 saturated carbocycles. The van der Waals surface area contributed by atoms with Crippen molar-refractivity contribution in [1.29, 1.82) is 0 Å². The molecule has 0 amide bonds. The molecule has 1 aromatic heterocycles. The maximum absolute atomic E-state index is 6.08. The summed E-state index contributed by atoms with van der Waals surface area (Å²) in [5.74, 6) is 1.52. The number of H-pyrrole nitrogens is 1. The first-order valence-corrected chi connectivity index (χ1v) is 7.11. The van der Waals surface area contributed by atoms with Gasteiger partial charge in [-0.05, 0) is 29.8 Å². The number of tetrazole rings is 1. The van der Waals surface area contributed by atoms with Crippen LogP contribution in [0.15, 0.2) is 24.3 Å². The summed E-state index contributed by atoms with van der Waals surface area (Å²) in [6.07, 6.45) is 3.13. The van der Waals surface area contributed by atoms with Gasteiger partial charge in [0.15, 0.2) is 0 Å². The Morgan fingerprint density at radius 2 is 2.33 bits per heavy atom. The minimum atomic E-state index is 0.665. The molecule has 0 atom stereocenters. The van der Waals surface area contributed by atoms with Crippen LogP contribution in [0.4, 0.5) is 0 Å². The largest absolute Gasteiger partial charge is 0.496 e. The highest BCUT2D eigenvalue weighted by Gasteiger charge is 2.18. The minimum Gasteiger partial charge on any atom is -0.496 e. The zero-order valence-electron chi connectivity index (χ0n) is 11.7. The van der Waals surface area contributed by atoms with E-state index in [-0.39, 0.29) is 0 Å². The van der Waals surface area contributed by atoms with Gasteiger partial charge in [-0.25, -0.2) is 0 Å². The van der Waals surface area contributed by atoms with Crippen molar-refractivity contribution in [2.24, 2.45) is 0 Å². The maximum atomic E-state index is 6.08. The zero-order chi connectivity index (χ0) is 14.7. The molecule has 1 aliphatic heterocycles. The summed E-state index contributed by atoms with van der Waals surface area (Å²) < 4.78 is 5.40. The summed E-state index contributed by atoms with van der Waals surface area (Å²) in [5.41, 5.74) is 2.18. The van der Waals surface area contributed by atoms with Gasteiger partial charge in [-0.2, -0.15) is 5.21 Å². The van der Waals surface area contributed by atoms with Gasteiger partial charge in [-0.1, -0.05) is 17.7 Å². The lowest BCUT2D eigenvalue weighted by Gasteiger charge is -2.26. The number of halogens is 1. The van der Waals surface area contributed by atoms with Crippen LogP contribution >= 0.6 is 11.6 Å². The molecule has 110 valence electrons. The summed E-state index contributed by atoms with van der Waals surface area (Å²) >= 11 is 6.08. The number of aromatic nitrogens is 4. The predicted octanol–water partition coefficient (Wildman–Crippen LogP) is 2.15. The van der Waals surface area contributed by atoms with Crippen LogP contribution in [0.2, 0.25) is 5.02 Å². The van der Waals surface area contributed by atoms with Crippen molar-refractivity contribution >= 4 is 17.2 Å². The molecule has 0 unspecified atom stereocenters. The van der Waals surface area contributed by atoms with E-state index in [4.69, 9.17) is 16.3 Å². The number of methoxy groups -OCH3 is 1. The number of hydrogen-bond donors (Lipinski definition) is 1. The topological polar surface area (TPSA) is 66.9 Å². The van der Waals surface area contributed by atoms with Gasteiger partial charge in [-0.15, -0.1) is 10.2 Å². The second-order valence-corrected chi connectivity index (χ2v) is 5.36. The van der Waals surface area contributed by atoms with E-state index in [1.54, 1.807) is 7.11 Å². The Hall–Kier alpha value is -1.92. The van der Waals surface area contributed by atoms with E-state index < -0.39 is 0 Å². The summed E-state index contributed by atoms with van der Waals surface area (Å²) in [6.45, 7) is 2.55. The molecule has 0 fully saturated rings. The molecule has 1 N–H and O–H groups in total. The predicted molar refractivity (Wildman–Crippen MR) is 80.1 cm³/mol. The Morgan fingerprint density at radius 1 is 1.43 bits per heavy atom. The molecule has 1 aromatic carbocycles. The van der Waals surface area contributed by atoms with Crippen LogP contribution in [-0.2, 0) is 6.54 Å². The molecule has 0 bridgehead atoms. The van der Waals surface area contributed by atoms with Gasteiger partial charge in [0, 0.05) is 35.8 Å². The Labute approximate surface area is 127 Å². The molecular weight excluding hydrogens is 290 g/mol. The molecule has 21 heavy (non-hydrogen) atoms. The minimum absolute atomic E-state index is 0.665. The first-order valence-electron chi connectivity index (χ1n) is 6.74. The number of nitrogens with one attached hydrogen (secondary N) is 1. The monoisotopic (exact) mass is 305 g/mol. The lowest BCUT2D eigenvalue weighted by molar-refractivity contribution is 0.289. The van der Waals surface area contributed by atoms with Crippen LogP contribution in [-0.4, -0.2) is 45.7 Å². The van der Waals surface area contributed by atoms with E-state index in [0.29, 0.717) is 5.82 Å². The number of ether oxygens (including phenoxy) is 1. The van der Waals surface area contributed by atoms with Crippen molar-refractivity contribution < 1.29 is 4.74 Å². The first kappa shape index (κ1) is 14.0. The smallest absolute Gasteiger partial charge is 0.201 e. The molecule has 0 saturated heterocycles. The number of hydrogen-bond acceptors (Lipinski definition) is 5. The van der Waals surface area contributed by atoms with Crippen molar-refractivity contribution in [3.8, 4) is 5.75 Å². The first-order chi connectivity index (χ1) is 10.3. The molecule has 0 aliphatic carbocycles. The lowest BCUT2D eigenvalue weighted by atomic mass is 10.1. The summed E-state index contributed by atoms with van der Waals surface area (Å²) in [4.78, 5) is 2.32. The van der Waals surface area contributed by atoms with E-state index in [1.165, 1.54) is 0 Å². The number of benzene rings is 1. The fraction of sp³-hybridized carbons (Fsp3) is 0.357. The summed E-state index contributed by atoms with van der Waals surface area (Å²) in [5, 5.41) is 14.9. The third kappa shape index (κ3) is 3.22. The maximum Gasteiger partial charge on any atom is 0.201 e. The number of aromatic amines is 1. The molecule has 6 nitrogen and oxygen atoms in total. The van der Waals surface area contributed by atoms with Gasteiger partial charge >= 0.3 is 0 Å². The van der Waals surface area contributed by atoms with Gasteiger partial charge in [0.2, 0.25) is 5.82 Å². The summed E-state index contributed by atoms with van der Waals surface area (Å²) in [7, 11) is 1.67. The van der Waals surface area contributed by atoms with Crippen LogP contribution in [0, 0.1) is 0 Å².